The molecule has 2 N–H and O–H groups in total. The van der Waals surface area contributed by atoms with Crippen molar-refractivity contribution >= 4 is 26.7 Å². The van der Waals surface area contributed by atoms with Crippen LogP contribution >= 0.6 is 15.9 Å². The van der Waals surface area contributed by atoms with Crippen LogP contribution in [0.2, 0.25) is 0 Å². The molecule has 0 radical (unpaired) electrons. The van der Waals surface area contributed by atoms with Gasteiger partial charge in [-0.2, -0.15) is 0 Å². The Morgan fingerprint density at radius 3 is 2.52 bits per heavy atom. The second kappa shape index (κ2) is 6.29. The van der Waals surface area contributed by atoms with Crippen LogP contribution in [0.25, 0.3) is 10.8 Å². The smallest absolute Gasteiger partial charge is 0.130 e. The number of nitrogens with two attached hydrogens (primary N) is 1. The molecule has 0 bridgehead atoms. The molecule has 3 rings (SSSR count). The van der Waals surface area contributed by atoms with Crippen LogP contribution in [0.5, 0.6) is 11.5 Å². The van der Waals surface area contributed by atoms with Crippen LogP contribution in [0.15, 0.2) is 65.1 Å². The average molecular weight is 342 g/mol. The van der Waals surface area contributed by atoms with E-state index in [1.54, 1.807) is 0 Å². The standard InChI is InChI=1S/C18H16BrNO/c19-16-7-5-15-12-17(8-6-14(15)11-16)21-18-4-2-1-3-13(18)9-10-20/h1-8,11-12H,9-10,20H2. The van der Waals surface area contributed by atoms with E-state index in [-0.39, 0.29) is 0 Å². The third-order valence-corrected chi connectivity index (χ3v) is 3.88. The summed E-state index contributed by atoms with van der Waals surface area (Å²) in [4.78, 5) is 0. The summed E-state index contributed by atoms with van der Waals surface area (Å²) in [5.41, 5.74) is 6.79. The number of para-hydroxylation sites is 1. The zero-order valence-corrected chi connectivity index (χ0v) is 13.1. The van der Waals surface area contributed by atoms with E-state index in [4.69, 9.17) is 10.5 Å². The number of fused-ring (bicyclic) bond motifs is 1. The molecule has 0 aliphatic carbocycles. The van der Waals surface area contributed by atoms with Crippen molar-refractivity contribution in [3.05, 3.63) is 70.7 Å². The van der Waals surface area contributed by atoms with Gasteiger partial charge in [-0.25, -0.2) is 0 Å². The Morgan fingerprint density at radius 2 is 1.67 bits per heavy atom. The van der Waals surface area contributed by atoms with Crippen molar-refractivity contribution in [3.8, 4) is 11.5 Å². The lowest BCUT2D eigenvalue weighted by atomic mass is 10.1. The van der Waals surface area contributed by atoms with Crippen molar-refractivity contribution in [1.82, 2.24) is 0 Å². The van der Waals surface area contributed by atoms with Crippen LogP contribution in [0.3, 0.4) is 0 Å². The van der Waals surface area contributed by atoms with Crippen molar-refractivity contribution in [1.29, 1.82) is 0 Å². The number of rotatable bonds is 4. The Morgan fingerprint density at radius 1 is 0.905 bits per heavy atom. The molecule has 0 heterocycles. The summed E-state index contributed by atoms with van der Waals surface area (Å²) in [6.45, 7) is 0.617. The highest BCUT2D eigenvalue weighted by molar-refractivity contribution is 9.10. The van der Waals surface area contributed by atoms with Crippen molar-refractivity contribution < 1.29 is 4.74 Å². The summed E-state index contributed by atoms with van der Waals surface area (Å²) in [5.74, 6) is 1.72. The van der Waals surface area contributed by atoms with Gasteiger partial charge < -0.3 is 10.5 Å². The lowest BCUT2D eigenvalue weighted by molar-refractivity contribution is 0.477. The quantitative estimate of drug-likeness (QED) is 0.732. The van der Waals surface area contributed by atoms with Crippen LogP contribution in [0.4, 0.5) is 0 Å². The van der Waals surface area contributed by atoms with E-state index >= 15 is 0 Å². The third kappa shape index (κ3) is 3.26. The number of ether oxygens (including phenoxy) is 1. The SMILES string of the molecule is NCCc1ccccc1Oc1ccc2cc(Br)ccc2c1. The maximum atomic E-state index is 6.03. The molecule has 0 saturated heterocycles. The second-order valence-electron chi connectivity index (χ2n) is 4.90. The lowest BCUT2D eigenvalue weighted by Crippen LogP contribution is -2.03. The van der Waals surface area contributed by atoms with Gasteiger partial charge in [-0.15, -0.1) is 0 Å². The highest BCUT2D eigenvalue weighted by Gasteiger charge is 2.04. The van der Waals surface area contributed by atoms with Gasteiger partial charge in [0.05, 0.1) is 0 Å². The van der Waals surface area contributed by atoms with Gasteiger partial charge in [-0.05, 0) is 59.6 Å². The molecule has 0 unspecified atom stereocenters. The van der Waals surface area contributed by atoms with E-state index in [2.05, 4.69) is 46.3 Å². The minimum Gasteiger partial charge on any atom is -0.457 e. The van der Waals surface area contributed by atoms with Crippen molar-refractivity contribution in [2.45, 2.75) is 6.42 Å². The van der Waals surface area contributed by atoms with Crippen LogP contribution in [-0.4, -0.2) is 6.54 Å². The molecule has 21 heavy (non-hydrogen) atoms. The van der Waals surface area contributed by atoms with Gasteiger partial charge in [0.1, 0.15) is 11.5 Å². The fourth-order valence-corrected chi connectivity index (χ4v) is 2.73. The van der Waals surface area contributed by atoms with Crippen LogP contribution in [0.1, 0.15) is 5.56 Å². The molecule has 0 aliphatic heterocycles. The minimum absolute atomic E-state index is 0.617. The lowest BCUT2D eigenvalue weighted by Gasteiger charge is -2.11. The first kappa shape index (κ1) is 14.1. The summed E-state index contributed by atoms with van der Waals surface area (Å²) in [6, 6.07) is 20.4. The maximum absolute atomic E-state index is 6.03. The van der Waals surface area contributed by atoms with Gasteiger partial charge in [-0.1, -0.05) is 46.3 Å². The predicted octanol–water partition coefficient (Wildman–Crippen LogP) is 4.90. The molecule has 0 saturated carbocycles. The summed E-state index contributed by atoms with van der Waals surface area (Å²) >= 11 is 3.49. The van der Waals surface area contributed by atoms with Crippen LogP contribution < -0.4 is 10.5 Å². The first-order valence-electron chi connectivity index (χ1n) is 6.91. The second-order valence-corrected chi connectivity index (χ2v) is 5.82. The maximum Gasteiger partial charge on any atom is 0.130 e. The molecule has 0 amide bonds. The normalized spacial score (nSPS) is 10.8. The molecule has 0 fully saturated rings. The van der Waals surface area contributed by atoms with E-state index in [9.17, 15) is 0 Å². The van der Waals surface area contributed by atoms with Crippen LogP contribution in [0, 0.1) is 0 Å². The average Bonchev–Trinajstić information content (AvgIpc) is 2.50. The molecule has 3 heteroatoms. The van der Waals surface area contributed by atoms with Gasteiger partial charge in [0, 0.05) is 4.47 Å². The van der Waals surface area contributed by atoms with Gasteiger partial charge in [0.2, 0.25) is 0 Å². The molecule has 0 spiro atoms. The molecule has 3 aromatic rings. The third-order valence-electron chi connectivity index (χ3n) is 3.39. The van der Waals surface area contributed by atoms with Crippen molar-refractivity contribution in [3.63, 3.8) is 0 Å². The molecule has 0 aromatic heterocycles. The van der Waals surface area contributed by atoms with E-state index in [0.717, 1.165) is 33.3 Å². The number of hydrogen-bond donors (Lipinski definition) is 1. The Hall–Kier alpha value is -1.84. The number of halogens is 1. The van der Waals surface area contributed by atoms with Gasteiger partial charge >= 0.3 is 0 Å². The van der Waals surface area contributed by atoms with Gasteiger partial charge in [-0.3, -0.25) is 0 Å². The van der Waals surface area contributed by atoms with Gasteiger partial charge in [0.25, 0.3) is 0 Å². The van der Waals surface area contributed by atoms with E-state index < -0.39 is 0 Å². The van der Waals surface area contributed by atoms with Crippen molar-refractivity contribution in [2.75, 3.05) is 6.54 Å². The summed E-state index contributed by atoms with van der Waals surface area (Å²) in [7, 11) is 0. The zero-order chi connectivity index (χ0) is 14.7. The fraction of sp³-hybridized carbons (Fsp3) is 0.111. The first-order chi connectivity index (χ1) is 10.3. The Bertz CT molecular complexity index is 770. The Labute approximate surface area is 132 Å². The monoisotopic (exact) mass is 341 g/mol. The summed E-state index contributed by atoms with van der Waals surface area (Å²) in [5, 5.41) is 2.35. The van der Waals surface area contributed by atoms with E-state index in [0.29, 0.717) is 6.54 Å². The van der Waals surface area contributed by atoms with Gasteiger partial charge in [0.15, 0.2) is 0 Å². The molecule has 0 aliphatic rings. The number of benzene rings is 3. The zero-order valence-electron chi connectivity index (χ0n) is 11.6. The molecule has 2 nitrogen and oxygen atoms in total. The van der Waals surface area contributed by atoms with E-state index in [1.165, 1.54) is 5.39 Å². The first-order valence-corrected chi connectivity index (χ1v) is 7.71. The summed E-state index contributed by atoms with van der Waals surface area (Å²) in [6.07, 6.45) is 0.816. The van der Waals surface area contributed by atoms with E-state index in [1.807, 2.05) is 30.3 Å². The Kier molecular flexibility index (Phi) is 4.23. The molecular formula is C18H16BrNO. The Balaban J connectivity index is 1.93. The predicted molar refractivity (Wildman–Crippen MR) is 90.9 cm³/mol. The topological polar surface area (TPSA) is 35.2 Å². The highest BCUT2D eigenvalue weighted by Crippen LogP contribution is 2.29. The largest absolute Gasteiger partial charge is 0.457 e. The highest BCUT2D eigenvalue weighted by atomic mass is 79.9. The fourth-order valence-electron chi connectivity index (χ4n) is 2.35. The van der Waals surface area contributed by atoms with Crippen LogP contribution in [-0.2, 0) is 6.42 Å². The molecular weight excluding hydrogens is 326 g/mol. The van der Waals surface area contributed by atoms with Crippen molar-refractivity contribution in [2.24, 2.45) is 5.73 Å². The molecule has 3 aromatic carbocycles. The summed E-state index contributed by atoms with van der Waals surface area (Å²) < 4.78 is 7.11. The molecule has 0 atom stereocenters. The molecule has 106 valence electrons. The minimum atomic E-state index is 0.617. The number of hydrogen-bond acceptors (Lipinski definition) is 2.